The number of phenols is 1. The molecule has 1 N–H and O–H groups in total. The van der Waals surface area contributed by atoms with E-state index in [1.807, 2.05) is 59.1 Å². The van der Waals surface area contributed by atoms with Gasteiger partial charge in [-0.3, -0.25) is 9.38 Å². The Hall–Kier alpha value is -2.77. The van der Waals surface area contributed by atoms with Gasteiger partial charge in [0.25, 0.3) is 0 Å². The van der Waals surface area contributed by atoms with Gasteiger partial charge in [0.2, 0.25) is 0 Å². The number of aromatic nitrogens is 3. The molecule has 1 aromatic carbocycles. The van der Waals surface area contributed by atoms with E-state index >= 15 is 0 Å². The molecule has 3 heterocycles. The van der Waals surface area contributed by atoms with Gasteiger partial charge in [-0.25, -0.2) is 4.98 Å². The van der Waals surface area contributed by atoms with Crippen molar-refractivity contribution in [2.45, 2.75) is 59.3 Å². The second kappa shape index (κ2) is 20.2. The van der Waals surface area contributed by atoms with Crippen LogP contribution in [0.25, 0.3) is 28.3 Å². The molecule has 0 unspecified atom stereocenters. The minimum absolute atomic E-state index is 0. The van der Waals surface area contributed by atoms with Crippen LogP contribution in [0, 0.1) is 15.3 Å². The van der Waals surface area contributed by atoms with Crippen LogP contribution in [-0.4, -0.2) is 43.0 Å². The Kier molecular flexibility index (Phi) is 17.8. The Labute approximate surface area is 254 Å². The van der Waals surface area contributed by atoms with Crippen LogP contribution in [-0.2, 0) is 22.4 Å². The molecule has 0 saturated heterocycles. The molecule has 8 nitrogen and oxygen atoms in total. The van der Waals surface area contributed by atoms with Gasteiger partial charge < -0.3 is 20.4 Å². The van der Waals surface area contributed by atoms with E-state index in [9.17, 15) is 5.11 Å². The van der Waals surface area contributed by atoms with E-state index < -0.39 is 5.09 Å². The van der Waals surface area contributed by atoms with Crippen molar-refractivity contribution in [1.29, 1.82) is 0 Å². The molecule has 4 rings (SSSR count). The second-order valence-electron chi connectivity index (χ2n) is 9.26. The molecular formula is C30H41AgN4O4P+. The van der Waals surface area contributed by atoms with Crippen molar-refractivity contribution < 1.29 is 32.6 Å². The third kappa shape index (κ3) is 11.8. The molecule has 4 aromatic rings. The van der Waals surface area contributed by atoms with E-state index in [0.29, 0.717) is 11.4 Å². The minimum atomic E-state index is -1.75. The molecule has 3 aromatic heterocycles. The molecule has 0 radical (unpaired) electrons. The Balaban J connectivity index is 0.000000383. The van der Waals surface area contributed by atoms with Crippen LogP contribution < -0.4 is 0 Å². The standard InChI is InChI=1S/C18H13N3O.C12H27P.Ag.NO3/c22-16-10-2-1-7-13(16)18-20-17(14-8-3-5-11-19-14)15-9-4-6-12-21(15)18;1-4-7-10-13(11-8-5-2)12-9-6-3;;2-1(3)4/h1-12,22H;4-12H2,1-3H3;;/q;;+1;-1/p+1. The van der Waals surface area contributed by atoms with Crippen LogP contribution in [0.2, 0.25) is 0 Å². The summed E-state index contributed by atoms with van der Waals surface area (Å²) >= 11 is 0. The number of unbranched alkanes of at least 4 members (excludes halogenated alkanes) is 3. The smallest absolute Gasteiger partial charge is 0.507 e. The maximum atomic E-state index is 10.1. The quantitative estimate of drug-likeness (QED) is 0.0752. The SMILES string of the molecule is CCCC[PH+](CCCC)CCCC.O=[N+]([O-])[O-].Oc1ccccc1-c1nc(-c2ccccn2)c2ccccn12.[Ag+]. The monoisotopic (exact) mass is 659 g/mol. The van der Waals surface area contributed by atoms with E-state index in [-0.39, 0.29) is 36.1 Å². The minimum Gasteiger partial charge on any atom is -0.507 e. The number of fused-ring (bicyclic) bond motifs is 1. The first-order valence-electron chi connectivity index (χ1n) is 13.7. The predicted octanol–water partition coefficient (Wildman–Crippen LogP) is 8.13. The molecular weight excluding hydrogens is 619 g/mol. The van der Waals surface area contributed by atoms with E-state index in [4.69, 9.17) is 20.3 Å². The molecule has 220 valence electrons. The number of imidazole rings is 1. The average molecular weight is 661 g/mol. The zero-order valence-corrected chi connectivity index (χ0v) is 26.0. The van der Waals surface area contributed by atoms with Crippen LogP contribution in [0.1, 0.15) is 59.3 Å². The van der Waals surface area contributed by atoms with Crippen molar-refractivity contribution in [3.8, 4) is 28.5 Å². The van der Waals surface area contributed by atoms with Gasteiger partial charge in [0, 0.05) is 20.3 Å². The van der Waals surface area contributed by atoms with Gasteiger partial charge >= 0.3 is 22.4 Å². The maximum absolute atomic E-state index is 10.1. The van der Waals surface area contributed by atoms with Gasteiger partial charge in [0.15, 0.2) is 0 Å². The summed E-state index contributed by atoms with van der Waals surface area (Å²) in [4.78, 5) is 17.4. The molecule has 0 bridgehead atoms. The molecule has 0 atom stereocenters. The first-order valence-corrected chi connectivity index (χ1v) is 15.9. The Bertz CT molecular complexity index is 1230. The Morgan fingerprint density at radius 1 is 0.850 bits per heavy atom. The van der Waals surface area contributed by atoms with Crippen molar-refractivity contribution >= 4 is 13.4 Å². The molecule has 0 aliphatic rings. The molecule has 0 saturated carbocycles. The summed E-state index contributed by atoms with van der Waals surface area (Å²) in [5.74, 6) is 0.917. The van der Waals surface area contributed by atoms with E-state index in [1.165, 1.54) is 38.5 Å². The molecule has 0 fully saturated rings. The maximum Gasteiger partial charge on any atom is 1.00 e. The summed E-state index contributed by atoms with van der Waals surface area (Å²) in [6.07, 6.45) is 17.1. The molecule has 0 spiro atoms. The zero-order chi connectivity index (χ0) is 28.5. The summed E-state index contributed by atoms with van der Waals surface area (Å²) in [6, 6.07) is 18.9. The number of hydrogen-bond acceptors (Lipinski definition) is 6. The molecule has 0 amide bonds. The average Bonchev–Trinajstić information content (AvgIpc) is 3.33. The normalized spacial score (nSPS) is 10.2. The fourth-order valence-electron chi connectivity index (χ4n) is 4.24. The fourth-order valence-corrected chi connectivity index (χ4v) is 7.55. The van der Waals surface area contributed by atoms with Crippen molar-refractivity contribution in [2.24, 2.45) is 0 Å². The van der Waals surface area contributed by atoms with Gasteiger partial charge in [-0.15, -0.1) is 0 Å². The van der Waals surface area contributed by atoms with Crippen LogP contribution in [0.15, 0.2) is 73.1 Å². The van der Waals surface area contributed by atoms with Gasteiger partial charge in [-0.05, 0) is 55.7 Å². The third-order valence-corrected chi connectivity index (χ3v) is 9.43. The number of para-hydroxylation sites is 1. The number of phenolic OH excluding ortho intramolecular Hbond substituents is 1. The summed E-state index contributed by atoms with van der Waals surface area (Å²) in [5, 5.41) is 24.9. The van der Waals surface area contributed by atoms with Crippen molar-refractivity contribution in [3.63, 3.8) is 0 Å². The number of aromatic hydroxyl groups is 1. The van der Waals surface area contributed by atoms with Crippen LogP contribution >= 0.6 is 7.92 Å². The van der Waals surface area contributed by atoms with Crippen molar-refractivity contribution in [3.05, 3.63) is 88.4 Å². The zero-order valence-electron chi connectivity index (χ0n) is 23.6. The van der Waals surface area contributed by atoms with Gasteiger partial charge in [0.05, 0.1) is 40.3 Å². The molecule has 0 aliphatic carbocycles. The number of hydrogen-bond donors (Lipinski definition) is 1. The number of benzene rings is 1. The summed E-state index contributed by atoms with van der Waals surface area (Å²) in [6.45, 7) is 6.96. The number of pyridine rings is 2. The van der Waals surface area contributed by atoms with Gasteiger partial charge in [0.1, 0.15) is 17.3 Å². The van der Waals surface area contributed by atoms with Crippen LogP contribution in [0.3, 0.4) is 0 Å². The summed E-state index contributed by atoms with van der Waals surface area (Å²) in [5.41, 5.74) is 3.28. The molecule has 40 heavy (non-hydrogen) atoms. The summed E-state index contributed by atoms with van der Waals surface area (Å²) in [7, 11) is 0.0675. The first-order chi connectivity index (χ1) is 18.9. The van der Waals surface area contributed by atoms with E-state index in [1.54, 1.807) is 36.8 Å². The number of rotatable bonds is 11. The number of nitrogens with zero attached hydrogens (tertiary/aromatic N) is 4. The molecule has 0 aliphatic heterocycles. The van der Waals surface area contributed by atoms with E-state index in [2.05, 4.69) is 25.8 Å². The second-order valence-corrected chi connectivity index (χ2v) is 12.3. The predicted molar refractivity (Wildman–Crippen MR) is 164 cm³/mol. The fraction of sp³-hybridized carbons (Fsp3) is 0.400. The topological polar surface area (TPSA) is 117 Å². The summed E-state index contributed by atoms with van der Waals surface area (Å²) < 4.78 is 1.97. The Morgan fingerprint density at radius 2 is 1.40 bits per heavy atom. The van der Waals surface area contributed by atoms with Crippen LogP contribution in [0.5, 0.6) is 5.75 Å². The first kappa shape index (κ1) is 35.3. The Morgan fingerprint density at radius 3 is 1.93 bits per heavy atom. The van der Waals surface area contributed by atoms with E-state index in [0.717, 1.165) is 16.9 Å². The van der Waals surface area contributed by atoms with Crippen molar-refractivity contribution in [2.75, 3.05) is 18.5 Å². The largest absolute Gasteiger partial charge is 1.00 e. The third-order valence-electron chi connectivity index (χ3n) is 6.25. The van der Waals surface area contributed by atoms with Crippen LogP contribution in [0.4, 0.5) is 0 Å². The van der Waals surface area contributed by atoms with Crippen molar-refractivity contribution in [1.82, 2.24) is 14.4 Å². The molecule has 10 heteroatoms. The van der Waals surface area contributed by atoms with Gasteiger partial charge in [-0.2, -0.15) is 0 Å². The van der Waals surface area contributed by atoms with Gasteiger partial charge in [-0.1, -0.05) is 64.3 Å².